The fraction of sp³-hybridized carbons (Fsp3) is 0.381. The highest BCUT2D eigenvalue weighted by Crippen LogP contribution is 2.29. The van der Waals surface area contributed by atoms with E-state index >= 15 is 0 Å². The summed E-state index contributed by atoms with van der Waals surface area (Å²) in [7, 11) is 0. The molecule has 1 aromatic carbocycles. The minimum absolute atomic E-state index is 0.158. The largest absolute Gasteiger partial charge is 0.355 e. The van der Waals surface area contributed by atoms with Crippen molar-refractivity contribution in [3.63, 3.8) is 0 Å². The average molecular weight is 381 g/mol. The van der Waals surface area contributed by atoms with E-state index in [1.54, 1.807) is 11.3 Å². The normalized spacial score (nSPS) is 15.2. The first-order valence-electron chi connectivity index (χ1n) is 9.53. The predicted molar refractivity (Wildman–Crippen MR) is 111 cm³/mol. The number of anilines is 1. The van der Waals surface area contributed by atoms with Gasteiger partial charge in [0.05, 0.1) is 0 Å². The van der Waals surface area contributed by atoms with E-state index in [1.807, 2.05) is 30.3 Å². The third-order valence-electron chi connectivity index (χ3n) is 5.20. The second-order valence-electron chi connectivity index (χ2n) is 7.17. The molecule has 1 amide bonds. The molecule has 5 nitrogen and oxygen atoms in total. The second-order valence-corrected chi connectivity index (χ2v) is 8.20. The monoisotopic (exact) mass is 380 g/mol. The molecule has 0 spiro atoms. The number of nitrogens with zero attached hydrogens (tertiary/aromatic N) is 3. The topological polar surface area (TPSA) is 58.1 Å². The molecule has 27 heavy (non-hydrogen) atoms. The van der Waals surface area contributed by atoms with Gasteiger partial charge in [0.25, 0.3) is 5.91 Å². The molecule has 0 unspecified atom stereocenters. The van der Waals surface area contributed by atoms with Crippen molar-refractivity contribution >= 4 is 33.8 Å². The van der Waals surface area contributed by atoms with Gasteiger partial charge in [0.1, 0.15) is 0 Å². The van der Waals surface area contributed by atoms with Crippen LogP contribution < -0.4 is 10.2 Å². The summed E-state index contributed by atoms with van der Waals surface area (Å²) < 4.78 is 0. The van der Waals surface area contributed by atoms with Crippen LogP contribution in [0.15, 0.2) is 41.8 Å². The summed E-state index contributed by atoms with van der Waals surface area (Å²) in [6.07, 6.45) is 3.17. The molecular weight excluding hydrogens is 356 g/mol. The van der Waals surface area contributed by atoms with Crippen molar-refractivity contribution in [3.8, 4) is 0 Å². The lowest BCUT2D eigenvalue weighted by atomic mass is 9.99. The standard InChI is InChI=1S/C21H24N4OS/c1-15-9-12-25(13-10-15)20-18-7-3-2-6-17(18)19(23-24-20)21(26)22-11-8-16-5-4-14-27-16/h2-7,14-15H,8-13H2,1H3,(H,22,26). The summed E-state index contributed by atoms with van der Waals surface area (Å²) in [5.74, 6) is 1.50. The summed E-state index contributed by atoms with van der Waals surface area (Å²) >= 11 is 1.71. The van der Waals surface area contributed by atoms with E-state index < -0.39 is 0 Å². The molecule has 0 bridgehead atoms. The number of piperidine rings is 1. The number of thiophene rings is 1. The first kappa shape index (κ1) is 17.9. The SMILES string of the molecule is CC1CCN(c2nnc(C(=O)NCCc3cccs3)c3ccccc23)CC1. The van der Waals surface area contributed by atoms with E-state index in [9.17, 15) is 4.79 Å². The van der Waals surface area contributed by atoms with Crippen LogP contribution in [0.5, 0.6) is 0 Å². The van der Waals surface area contributed by atoms with Crippen LogP contribution in [0.2, 0.25) is 0 Å². The van der Waals surface area contributed by atoms with Crippen molar-refractivity contribution in [2.45, 2.75) is 26.2 Å². The van der Waals surface area contributed by atoms with Crippen molar-refractivity contribution in [1.29, 1.82) is 0 Å². The number of amides is 1. The Labute approximate surface area is 163 Å². The summed E-state index contributed by atoms with van der Waals surface area (Å²) in [5.41, 5.74) is 0.408. The molecule has 1 aliphatic heterocycles. The van der Waals surface area contributed by atoms with Crippen molar-refractivity contribution in [2.24, 2.45) is 5.92 Å². The van der Waals surface area contributed by atoms with Gasteiger partial charge in [-0.25, -0.2) is 0 Å². The summed E-state index contributed by atoms with van der Waals surface area (Å²) in [6, 6.07) is 12.1. The molecule has 140 valence electrons. The molecular formula is C21H24N4OS. The molecule has 2 aromatic heterocycles. The summed E-state index contributed by atoms with van der Waals surface area (Å²) in [5, 5.41) is 15.7. The van der Waals surface area contributed by atoms with Gasteiger partial charge < -0.3 is 10.2 Å². The molecule has 6 heteroatoms. The minimum atomic E-state index is -0.158. The lowest BCUT2D eigenvalue weighted by Crippen LogP contribution is -2.34. The van der Waals surface area contributed by atoms with E-state index in [0.717, 1.165) is 42.0 Å². The molecule has 4 rings (SSSR count). The number of benzene rings is 1. The van der Waals surface area contributed by atoms with Crippen molar-refractivity contribution in [1.82, 2.24) is 15.5 Å². The zero-order valence-corrected chi connectivity index (χ0v) is 16.3. The molecule has 0 atom stereocenters. The zero-order chi connectivity index (χ0) is 18.6. The first-order valence-corrected chi connectivity index (χ1v) is 10.4. The number of carbonyl (C=O) groups excluding carboxylic acids is 1. The van der Waals surface area contributed by atoms with E-state index in [2.05, 4.69) is 38.8 Å². The van der Waals surface area contributed by atoms with Gasteiger partial charge in [-0.3, -0.25) is 4.79 Å². The van der Waals surface area contributed by atoms with Crippen LogP contribution in [0.1, 0.15) is 35.1 Å². The van der Waals surface area contributed by atoms with Gasteiger partial charge in [-0.1, -0.05) is 37.3 Å². The maximum absolute atomic E-state index is 12.7. The molecule has 3 aromatic rings. The van der Waals surface area contributed by atoms with Crippen molar-refractivity contribution in [2.75, 3.05) is 24.5 Å². The quantitative estimate of drug-likeness (QED) is 0.729. The minimum Gasteiger partial charge on any atom is -0.355 e. The number of carbonyl (C=O) groups is 1. The highest BCUT2D eigenvalue weighted by atomic mass is 32.1. The van der Waals surface area contributed by atoms with Crippen LogP contribution in [0.4, 0.5) is 5.82 Å². The Hall–Kier alpha value is -2.47. The van der Waals surface area contributed by atoms with Gasteiger partial charge >= 0.3 is 0 Å². The smallest absolute Gasteiger partial charge is 0.272 e. The first-order chi connectivity index (χ1) is 13.2. The zero-order valence-electron chi connectivity index (χ0n) is 15.5. The highest BCUT2D eigenvalue weighted by molar-refractivity contribution is 7.09. The number of hydrogen-bond donors (Lipinski definition) is 1. The van der Waals surface area contributed by atoms with Gasteiger partial charge in [-0.2, -0.15) is 0 Å². The fourth-order valence-corrected chi connectivity index (χ4v) is 4.26. The Morgan fingerprint density at radius 3 is 2.67 bits per heavy atom. The molecule has 0 radical (unpaired) electrons. The molecule has 3 heterocycles. The Kier molecular flexibility index (Phi) is 5.34. The lowest BCUT2D eigenvalue weighted by Gasteiger charge is -2.31. The predicted octanol–water partition coefficient (Wildman–Crippen LogP) is 3.90. The van der Waals surface area contributed by atoms with Crippen LogP contribution in [0, 0.1) is 5.92 Å². The number of nitrogens with one attached hydrogen (secondary N) is 1. The maximum atomic E-state index is 12.7. The van der Waals surface area contributed by atoms with Gasteiger partial charge in [0, 0.05) is 35.3 Å². The fourth-order valence-electron chi connectivity index (χ4n) is 3.55. The molecule has 1 N–H and O–H groups in total. The Morgan fingerprint density at radius 2 is 1.93 bits per heavy atom. The molecule has 1 aliphatic rings. The maximum Gasteiger partial charge on any atom is 0.272 e. The molecule has 0 aliphatic carbocycles. The summed E-state index contributed by atoms with van der Waals surface area (Å²) in [4.78, 5) is 16.3. The van der Waals surface area contributed by atoms with Crippen molar-refractivity contribution in [3.05, 3.63) is 52.3 Å². The van der Waals surface area contributed by atoms with Crippen LogP contribution in [-0.4, -0.2) is 35.7 Å². The van der Waals surface area contributed by atoms with Gasteiger partial charge in [0.2, 0.25) is 0 Å². The summed E-state index contributed by atoms with van der Waals surface area (Å²) in [6.45, 7) is 4.88. The van der Waals surface area contributed by atoms with Crippen LogP contribution in [-0.2, 0) is 6.42 Å². The molecule has 1 fully saturated rings. The number of fused-ring (bicyclic) bond motifs is 1. The van der Waals surface area contributed by atoms with Gasteiger partial charge in [0.15, 0.2) is 11.5 Å². The van der Waals surface area contributed by atoms with Crippen LogP contribution in [0.3, 0.4) is 0 Å². The van der Waals surface area contributed by atoms with Gasteiger partial charge in [-0.05, 0) is 36.6 Å². The van der Waals surface area contributed by atoms with E-state index in [-0.39, 0.29) is 5.91 Å². The van der Waals surface area contributed by atoms with E-state index in [0.29, 0.717) is 12.2 Å². The van der Waals surface area contributed by atoms with Crippen LogP contribution >= 0.6 is 11.3 Å². The lowest BCUT2D eigenvalue weighted by molar-refractivity contribution is 0.0950. The third-order valence-corrected chi connectivity index (χ3v) is 6.14. The Bertz CT molecular complexity index is 917. The van der Waals surface area contributed by atoms with E-state index in [4.69, 9.17) is 0 Å². The number of rotatable bonds is 5. The van der Waals surface area contributed by atoms with E-state index in [1.165, 1.54) is 17.7 Å². The van der Waals surface area contributed by atoms with Gasteiger partial charge in [-0.15, -0.1) is 21.5 Å². The van der Waals surface area contributed by atoms with Crippen LogP contribution in [0.25, 0.3) is 10.8 Å². The molecule has 1 saturated heterocycles. The second kappa shape index (κ2) is 8.05. The Balaban J connectivity index is 1.55. The average Bonchev–Trinajstić information content (AvgIpc) is 3.21. The molecule has 0 saturated carbocycles. The number of hydrogen-bond acceptors (Lipinski definition) is 5. The van der Waals surface area contributed by atoms with Crippen molar-refractivity contribution < 1.29 is 4.79 Å². The highest BCUT2D eigenvalue weighted by Gasteiger charge is 2.22. The number of aromatic nitrogens is 2. The third kappa shape index (κ3) is 3.95. The Morgan fingerprint density at radius 1 is 1.15 bits per heavy atom.